The Morgan fingerprint density at radius 1 is 1.03 bits per heavy atom. The number of carbonyl (C=O) groups excluding carboxylic acids is 3. The summed E-state index contributed by atoms with van der Waals surface area (Å²) in [4.78, 5) is 36.6. The first kappa shape index (κ1) is 25.5. The number of phenolic OH excluding ortho intramolecular Hbond substituents is 1. The van der Waals surface area contributed by atoms with Crippen LogP contribution < -0.4 is 5.32 Å². The Bertz CT molecular complexity index is 753. The van der Waals surface area contributed by atoms with E-state index in [1.54, 1.807) is 0 Å². The van der Waals surface area contributed by atoms with Crippen molar-refractivity contribution in [2.45, 2.75) is 65.2 Å². The fourth-order valence-electron chi connectivity index (χ4n) is 2.94. The molecule has 2 amide bonds. The summed E-state index contributed by atoms with van der Waals surface area (Å²) in [7, 11) is 2.96. The van der Waals surface area contributed by atoms with Gasteiger partial charge in [-0.25, -0.2) is 0 Å². The second kappa shape index (κ2) is 9.96. The van der Waals surface area contributed by atoms with Crippen LogP contribution >= 0.6 is 0 Å². The first-order valence-electron chi connectivity index (χ1n) is 10.1. The van der Waals surface area contributed by atoms with Crippen LogP contribution in [-0.2, 0) is 36.4 Å². The van der Waals surface area contributed by atoms with Crippen molar-refractivity contribution >= 4 is 17.8 Å². The molecule has 0 fully saturated rings. The molecule has 0 aliphatic carbocycles. The van der Waals surface area contributed by atoms with E-state index in [4.69, 9.17) is 4.74 Å². The van der Waals surface area contributed by atoms with Crippen LogP contribution in [0.3, 0.4) is 0 Å². The summed E-state index contributed by atoms with van der Waals surface area (Å²) < 4.78 is 5.07. The molecule has 7 nitrogen and oxygen atoms in total. The standard InChI is InChI=1S/C23H36N2O5/c1-22(2,3)16-11-15(12-17(21(16)29)23(4,5)6)9-10-20(28)30-14-19(27)25(8)13-18(26)24-7/h11-12,29H,9-10,13-14H2,1-8H3,(H,24,26). The number of hydrogen-bond donors (Lipinski definition) is 2. The number of nitrogens with one attached hydrogen (secondary N) is 1. The van der Waals surface area contributed by atoms with Crippen LogP contribution in [0.4, 0.5) is 0 Å². The smallest absolute Gasteiger partial charge is 0.306 e. The minimum Gasteiger partial charge on any atom is -0.507 e. The average Bonchev–Trinajstić information content (AvgIpc) is 2.62. The van der Waals surface area contributed by atoms with Gasteiger partial charge in [-0.2, -0.15) is 0 Å². The Hall–Kier alpha value is -2.57. The van der Waals surface area contributed by atoms with Crippen LogP contribution in [0, 0.1) is 0 Å². The number of hydrogen-bond acceptors (Lipinski definition) is 5. The normalized spacial score (nSPS) is 11.7. The van der Waals surface area contributed by atoms with Crippen molar-refractivity contribution in [3.05, 3.63) is 28.8 Å². The van der Waals surface area contributed by atoms with Gasteiger partial charge in [0.25, 0.3) is 5.91 Å². The van der Waals surface area contributed by atoms with E-state index in [1.807, 2.05) is 53.7 Å². The van der Waals surface area contributed by atoms with Crippen LogP contribution in [0.1, 0.15) is 64.7 Å². The zero-order valence-corrected chi connectivity index (χ0v) is 19.5. The lowest BCUT2D eigenvalue weighted by Gasteiger charge is -2.28. The molecule has 0 aromatic heterocycles. The van der Waals surface area contributed by atoms with Gasteiger partial charge in [0, 0.05) is 20.5 Å². The molecule has 0 spiro atoms. The molecule has 0 aliphatic heterocycles. The predicted octanol–water partition coefficient (Wildman–Crippen LogP) is 2.67. The van der Waals surface area contributed by atoms with Gasteiger partial charge < -0.3 is 20.1 Å². The maximum Gasteiger partial charge on any atom is 0.306 e. The SMILES string of the molecule is CNC(=O)CN(C)C(=O)COC(=O)CCc1cc(C(C)(C)C)c(O)c(C(C)(C)C)c1. The fourth-order valence-corrected chi connectivity index (χ4v) is 2.94. The van der Waals surface area contributed by atoms with Gasteiger partial charge in [-0.05, 0) is 33.9 Å². The molecule has 0 radical (unpaired) electrons. The number of amides is 2. The number of phenols is 1. The molecule has 0 saturated carbocycles. The summed E-state index contributed by atoms with van der Waals surface area (Å²) in [6.07, 6.45) is 0.553. The van der Waals surface area contributed by atoms with Gasteiger partial charge in [0.05, 0.1) is 6.54 Å². The van der Waals surface area contributed by atoms with Crippen molar-refractivity contribution in [2.24, 2.45) is 0 Å². The fraction of sp³-hybridized carbons (Fsp3) is 0.609. The topological polar surface area (TPSA) is 95.9 Å². The molecule has 0 bridgehead atoms. The van der Waals surface area contributed by atoms with Gasteiger partial charge in [0.1, 0.15) is 5.75 Å². The number of benzene rings is 1. The molecular formula is C23H36N2O5. The van der Waals surface area contributed by atoms with E-state index in [2.05, 4.69) is 5.32 Å². The molecule has 30 heavy (non-hydrogen) atoms. The van der Waals surface area contributed by atoms with E-state index < -0.39 is 18.5 Å². The third kappa shape index (κ3) is 7.35. The highest BCUT2D eigenvalue weighted by Crippen LogP contribution is 2.39. The van der Waals surface area contributed by atoms with Crippen molar-refractivity contribution in [1.82, 2.24) is 10.2 Å². The highest BCUT2D eigenvalue weighted by atomic mass is 16.5. The highest BCUT2D eigenvalue weighted by molar-refractivity contribution is 5.86. The number of nitrogens with zero attached hydrogens (tertiary/aromatic N) is 1. The Morgan fingerprint density at radius 2 is 1.53 bits per heavy atom. The Labute approximate surface area is 179 Å². The van der Waals surface area contributed by atoms with E-state index in [0.717, 1.165) is 16.7 Å². The number of carbonyl (C=O) groups is 3. The molecule has 0 aliphatic rings. The lowest BCUT2D eigenvalue weighted by atomic mass is 9.78. The van der Waals surface area contributed by atoms with Gasteiger partial charge in [-0.15, -0.1) is 0 Å². The number of esters is 1. The predicted molar refractivity (Wildman–Crippen MR) is 116 cm³/mol. The monoisotopic (exact) mass is 420 g/mol. The Morgan fingerprint density at radius 3 is 1.97 bits per heavy atom. The van der Waals surface area contributed by atoms with Gasteiger partial charge >= 0.3 is 5.97 Å². The second-order valence-corrected chi connectivity index (χ2v) is 9.62. The van der Waals surface area contributed by atoms with Crippen molar-refractivity contribution < 1.29 is 24.2 Å². The number of aromatic hydroxyl groups is 1. The van der Waals surface area contributed by atoms with Crippen LogP contribution in [-0.4, -0.2) is 55.0 Å². The van der Waals surface area contributed by atoms with E-state index in [1.165, 1.54) is 19.0 Å². The molecule has 1 aromatic carbocycles. The van der Waals surface area contributed by atoms with Gasteiger partial charge in [-0.1, -0.05) is 53.7 Å². The Kier molecular flexibility index (Phi) is 8.45. The van der Waals surface area contributed by atoms with E-state index in [9.17, 15) is 19.5 Å². The van der Waals surface area contributed by atoms with Crippen molar-refractivity contribution in [2.75, 3.05) is 27.2 Å². The summed E-state index contributed by atoms with van der Waals surface area (Å²) in [6, 6.07) is 3.86. The molecule has 0 saturated heterocycles. The zero-order valence-electron chi connectivity index (χ0n) is 19.5. The molecule has 0 heterocycles. The van der Waals surface area contributed by atoms with Crippen molar-refractivity contribution in [3.8, 4) is 5.75 Å². The molecule has 1 aromatic rings. The quantitative estimate of drug-likeness (QED) is 0.661. The van der Waals surface area contributed by atoms with Crippen LogP contribution in [0.15, 0.2) is 12.1 Å². The van der Waals surface area contributed by atoms with E-state index in [0.29, 0.717) is 12.2 Å². The molecule has 0 atom stereocenters. The van der Waals surface area contributed by atoms with Crippen molar-refractivity contribution in [3.63, 3.8) is 0 Å². The van der Waals surface area contributed by atoms with E-state index >= 15 is 0 Å². The van der Waals surface area contributed by atoms with Crippen LogP contribution in [0.25, 0.3) is 0 Å². The van der Waals surface area contributed by atoms with Crippen LogP contribution in [0.5, 0.6) is 5.75 Å². The van der Waals surface area contributed by atoms with Crippen LogP contribution in [0.2, 0.25) is 0 Å². The first-order valence-corrected chi connectivity index (χ1v) is 10.1. The highest BCUT2D eigenvalue weighted by Gasteiger charge is 2.26. The number of likely N-dealkylation sites (N-methyl/N-ethyl adjacent to an activating group) is 2. The summed E-state index contributed by atoms with van der Waals surface area (Å²) >= 11 is 0. The molecule has 168 valence electrons. The molecule has 1 rings (SSSR count). The first-order chi connectivity index (χ1) is 13.7. The molecule has 2 N–H and O–H groups in total. The Balaban J connectivity index is 2.81. The number of ether oxygens (including phenoxy) is 1. The minimum atomic E-state index is -0.487. The lowest BCUT2D eigenvalue weighted by molar-refractivity contribution is -0.151. The van der Waals surface area contributed by atoms with Gasteiger partial charge in [0.2, 0.25) is 5.91 Å². The van der Waals surface area contributed by atoms with Crippen molar-refractivity contribution in [1.29, 1.82) is 0 Å². The third-order valence-corrected chi connectivity index (χ3v) is 4.85. The number of aryl methyl sites for hydroxylation is 1. The van der Waals surface area contributed by atoms with Gasteiger partial charge in [-0.3, -0.25) is 14.4 Å². The summed E-state index contributed by atoms with van der Waals surface area (Å²) in [5.74, 6) is -0.930. The molecule has 7 heteroatoms. The maximum atomic E-state index is 12.1. The third-order valence-electron chi connectivity index (χ3n) is 4.85. The lowest BCUT2D eigenvalue weighted by Crippen LogP contribution is -2.39. The summed E-state index contributed by atoms with van der Waals surface area (Å²) in [6.45, 7) is 11.7. The number of rotatable bonds is 7. The molecule has 0 unspecified atom stereocenters. The minimum absolute atomic E-state index is 0.0917. The molecular weight excluding hydrogens is 384 g/mol. The largest absolute Gasteiger partial charge is 0.507 e. The zero-order chi connectivity index (χ0) is 23.3. The van der Waals surface area contributed by atoms with E-state index in [-0.39, 0.29) is 29.7 Å². The second-order valence-electron chi connectivity index (χ2n) is 9.62. The summed E-state index contributed by atoms with van der Waals surface area (Å²) in [5, 5.41) is 13.2. The summed E-state index contributed by atoms with van der Waals surface area (Å²) in [5.41, 5.74) is 2.11. The maximum absolute atomic E-state index is 12.1. The average molecular weight is 421 g/mol. The van der Waals surface area contributed by atoms with Gasteiger partial charge in [0.15, 0.2) is 6.61 Å².